The Bertz CT molecular complexity index is 1230. The maximum absolute atomic E-state index is 13.0. The monoisotopic (exact) mass is 471 g/mol. The van der Waals surface area contributed by atoms with Crippen LogP contribution in [0.25, 0.3) is 5.76 Å². The van der Waals surface area contributed by atoms with E-state index < -0.39 is 35.2 Å². The normalized spacial score (nSPS) is 17.9. The molecule has 6 nitrogen and oxygen atoms in total. The van der Waals surface area contributed by atoms with Gasteiger partial charge in [0.15, 0.2) is 0 Å². The first-order chi connectivity index (χ1) is 16.2. The van der Waals surface area contributed by atoms with E-state index in [2.05, 4.69) is 0 Å². The van der Waals surface area contributed by atoms with Crippen LogP contribution in [0.2, 0.25) is 0 Å². The Hall–Kier alpha value is -4.01. The number of ketones is 1. The number of aliphatic hydroxyl groups excluding tert-OH is 1. The van der Waals surface area contributed by atoms with Crippen molar-refractivity contribution in [3.8, 4) is 5.75 Å². The Morgan fingerprint density at radius 3 is 2.44 bits per heavy atom. The highest BCUT2D eigenvalue weighted by molar-refractivity contribution is 6.51. The van der Waals surface area contributed by atoms with Crippen LogP contribution in [0, 0.1) is 0 Å². The van der Waals surface area contributed by atoms with E-state index in [1.165, 1.54) is 18.4 Å². The van der Waals surface area contributed by atoms with Crippen molar-refractivity contribution in [2.24, 2.45) is 0 Å². The Labute approximate surface area is 192 Å². The molecule has 176 valence electrons. The lowest BCUT2D eigenvalue weighted by atomic mass is 9.99. The molecule has 0 aliphatic carbocycles. The lowest BCUT2D eigenvalue weighted by molar-refractivity contribution is -0.137. The fraction of sp³-hybridized carbons (Fsp3) is 0.200. The number of benzene rings is 2. The minimum Gasteiger partial charge on any atom is -0.507 e. The van der Waals surface area contributed by atoms with Crippen LogP contribution in [-0.2, 0) is 15.8 Å². The summed E-state index contributed by atoms with van der Waals surface area (Å²) in [5, 5.41) is 11.1. The number of furan rings is 1. The topological polar surface area (TPSA) is 80.0 Å². The van der Waals surface area contributed by atoms with Crippen LogP contribution < -0.4 is 9.64 Å². The molecule has 2 aromatic carbocycles. The van der Waals surface area contributed by atoms with Crippen molar-refractivity contribution in [1.82, 2.24) is 0 Å². The zero-order valence-electron chi connectivity index (χ0n) is 18.0. The second kappa shape index (κ2) is 9.09. The van der Waals surface area contributed by atoms with E-state index in [-0.39, 0.29) is 22.6 Å². The molecule has 0 saturated carbocycles. The summed E-state index contributed by atoms with van der Waals surface area (Å²) in [5.74, 6) is -1.80. The number of Topliss-reactive ketones (excluding diaryl/α,β-unsaturated/α-hetero) is 1. The van der Waals surface area contributed by atoms with Crippen LogP contribution in [0.1, 0.15) is 36.3 Å². The predicted molar refractivity (Wildman–Crippen MR) is 117 cm³/mol. The molecule has 1 aliphatic heterocycles. The summed E-state index contributed by atoms with van der Waals surface area (Å²) < 4.78 is 50.0. The lowest BCUT2D eigenvalue weighted by Crippen LogP contribution is -2.29. The molecule has 0 spiro atoms. The molecule has 1 amide bonds. The van der Waals surface area contributed by atoms with E-state index in [0.29, 0.717) is 12.4 Å². The minimum absolute atomic E-state index is 0.0515. The van der Waals surface area contributed by atoms with Gasteiger partial charge in [-0.05, 0) is 55.0 Å². The first kappa shape index (κ1) is 23.2. The van der Waals surface area contributed by atoms with Crippen LogP contribution in [0.4, 0.5) is 18.9 Å². The van der Waals surface area contributed by atoms with Crippen LogP contribution in [-0.4, -0.2) is 23.4 Å². The van der Waals surface area contributed by atoms with Gasteiger partial charge in [-0.15, -0.1) is 0 Å². The molecule has 1 N–H and O–H groups in total. The van der Waals surface area contributed by atoms with Gasteiger partial charge < -0.3 is 14.3 Å². The van der Waals surface area contributed by atoms with E-state index in [0.717, 1.165) is 35.6 Å². The number of carbonyl (C=O) groups excluding carboxylic acids is 2. The van der Waals surface area contributed by atoms with Gasteiger partial charge in [0.1, 0.15) is 23.3 Å². The molecule has 0 radical (unpaired) electrons. The van der Waals surface area contributed by atoms with Gasteiger partial charge >= 0.3 is 6.18 Å². The number of amides is 1. The van der Waals surface area contributed by atoms with Crippen LogP contribution >= 0.6 is 0 Å². The zero-order valence-corrected chi connectivity index (χ0v) is 18.0. The highest BCUT2D eigenvalue weighted by Gasteiger charge is 2.48. The molecule has 1 fully saturated rings. The fourth-order valence-corrected chi connectivity index (χ4v) is 3.73. The number of hydrogen-bond donors (Lipinski definition) is 1. The predicted octanol–water partition coefficient (Wildman–Crippen LogP) is 5.71. The second-order valence-electron chi connectivity index (χ2n) is 7.61. The zero-order chi connectivity index (χ0) is 24.5. The number of ether oxygens (including phenoxy) is 1. The Morgan fingerprint density at radius 2 is 1.82 bits per heavy atom. The summed E-state index contributed by atoms with van der Waals surface area (Å²) in [6.45, 7) is 2.39. The maximum Gasteiger partial charge on any atom is 0.416 e. The van der Waals surface area contributed by atoms with Crippen molar-refractivity contribution in [3.05, 3.63) is 89.4 Å². The SMILES string of the molecule is CCCOc1cccc(/C(O)=C2/C(=O)C(=O)N(c3ccc(C(F)(F)F)cc3)C2c2ccco2)c1. The van der Waals surface area contributed by atoms with Crippen molar-refractivity contribution < 1.29 is 37.0 Å². The molecule has 1 unspecified atom stereocenters. The molecule has 1 aliphatic rings. The van der Waals surface area contributed by atoms with Gasteiger partial charge in [-0.1, -0.05) is 19.1 Å². The standard InChI is InChI=1S/C25H20F3NO5/c1-2-12-33-18-6-3-5-15(14-18)22(30)20-21(19-7-4-13-34-19)29(24(32)23(20)31)17-10-8-16(9-11-17)25(26,27)28/h3-11,13-14,21,30H,2,12H2,1H3/b22-20-. The van der Waals surface area contributed by atoms with Gasteiger partial charge in [0.2, 0.25) is 0 Å². The largest absolute Gasteiger partial charge is 0.507 e. The number of anilines is 1. The Morgan fingerprint density at radius 1 is 1.09 bits per heavy atom. The van der Waals surface area contributed by atoms with Crippen LogP contribution in [0.5, 0.6) is 5.75 Å². The van der Waals surface area contributed by atoms with Crippen LogP contribution in [0.15, 0.2) is 76.9 Å². The van der Waals surface area contributed by atoms with Gasteiger partial charge in [-0.3, -0.25) is 14.5 Å². The van der Waals surface area contributed by atoms with E-state index >= 15 is 0 Å². The quantitative estimate of drug-likeness (QED) is 0.283. The smallest absolute Gasteiger partial charge is 0.416 e. The highest BCUT2D eigenvalue weighted by Crippen LogP contribution is 2.43. The number of rotatable bonds is 6. The summed E-state index contributed by atoms with van der Waals surface area (Å²) in [5.41, 5.74) is -0.843. The molecule has 1 atom stereocenters. The third-order valence-corrected chi connectivity index (χ3v) is 5.31. The number of carbonyl (C=O) groups is 2. The van der Waals surface area contributed by atoms with E-state index in [4.69, 9.17) is 9.15 Å². The molecule has 4 rings (SSSR count). The van der Waals surface area contributed by atoms with Crippen LogP contribution in [0.3, 0.4) is 0 Å². The van der Waals surface area contributed by atoms with Gasteiger partial charge in [0.25, 0.3) is 11.7 Å². The van der Waals surface area contributed by atoms with Crippen molar-refractivity contribution in [2.45, 2.75) is 25.6 Å². The summed E-state index contributed by atoms with van der Waals surface area (Å²) in [7, 11) is 0. The van der Waals surface area contributed by atoms with Gasteiger partial charge in [0, 0.05) is 11.3 Å². The molecule has 0 bridgehead atoms. The molecular weight excluding hydrogens is 451 g/mol. The molecule has 3 aromatic rings. The molecular formula is C25H20F3NO5. The number of hydrogen-bond acceptors (Lipinski definition) is 5. The van der Waals surface area contributed by atoms with Crippen molar-refractivity contribution in [1.29, 1.82) is 0 Å². The van der Waals surface area contributed by atoms with Crippen molar-refractivity contribution in [2.75, 3.05) is 11.5 Å². The van der Waals surface area contributed by atoms with E-state index in [9.17, 15) is 27.9 Å². The molecule has 1 aromatic heterocycles. The number of halogens is 3. The Kier molecular flexibility index (Phi) is 6.19. The highest BCUT2D eigenvalue weighted by atomic mass is 19.4. The Balaban J connectivity index is 1.82. The minimum atomic E-state index is -4.56. The molecule has 1 saturated heterocycles. The third-order valence-electron chi connectivity index (χ3n) is 5.31. The number of aliphatic hydroxyl groups is 1. The average molecular weight is 471 g/mol. The maximum atomic E-state index is 13.0. The first-order valence-electron chi connectivity index (χ1n) is 10.5. The fourth-order valence-electron chi connectivity index (χ4n) is 3.73. The van der Waals surface area contributed by atoms with E-state index in [1.54, 1.807) is 24.3 Å². The van der Waals surface area contributed by atoms with Gasteiger partial charge in [-0.2, -0.15) is 13.2 Å². The second-order valence-corrected chi connectivity index (χ2v) is 7.61. The first-order valence-corrected chi connectivity index (χ1v) is 10.5. The summed E-state index contributed by atoms with van der Waals surface area (Å²) in [6, 6.07) is 12.1. The van der Waals surface area contributed by atoms with Crippen molar-refractivity contribution >= 4 is 23.1 Å². The van der Waals surface area contributed by atoms with Gasteiger partial charge in [-0.25, -0.2) is 0 Å². The summed E-state index contributed by atoms with van der Waals surface area (Å²) >= 11 is 0. The van der Waals surface area contributed by atoms with Crippen molar-refractivity contribution in [3.63, 3.8) is 0 Å². The molecule has 34 heavy (non-hydrogen) atoms. The average Bonchev–Trinajstić information content (AvgIpc) is 3.44. The lowest BCUT2D eigenvalue weighted by Gasteiger charge is -2.23. The molecule has 2 heterocycles. The summed E-state index contributed by atoms with van der Waals surface area (Å²) in [4.78, 5) is 27.0. The number of nitrogens with zero attached hydrogens (tertiary/aromatic N) is 1. The van der Waals surface area contributed by atoms with E-state index in [1.807, 2.05) is 6.92 Å². The third kappa shape index (κ3) is 4.28. The number of alkyl halides is 3. The summed E-state index contributed by atoms with van der Waals surface area (Å²) in [6.07, 6.45) is -2.45. The van der Waals surface area contributed by atoms with Gasteiger partial charge in [0.05, 0.1) is 24.0 Å². The molecule has 9 heteroatoms.